The monoisotopic (exact) mass is 481 g/mol. The summed E-state index contributed by atoms with van der Waals surface area (Å²) in [5.41, 5.74) is 2.05. The number of ether oxygens (including phenoxy) is 3. The van der Waals surface area contributed by atoms with Gasteiger partial charge in [-0.3, -0.25) is 4.84 Å². The lowest BCUT2D eigenvalue weighted by Gasteiger charge is -2.61. The average Bonchev–Trinajstić information content (AvgIpc) is 3.29. The van der Waals surface area contributed by atoms with Crippen molar-refractivity contribution in [3.05, 3.63) is 71.8 Å². The molecule has 5 unspecified atom stereocenters. The molecule has 1 spiro atoms. The van der Waals surface area contributed by atoms with Crippen LogP contribution in [0.2, 0.25) is 0 Å². The van der Waals surface area contributed by atoms with Gasteiger partial charge in [-0.05, 0) is 44.2 Å². The molecule has 0 bridgehead atoms. The summed E-state index contributed by atoms with van der Waals surface area (Å²) >= 11 is 0. The minimum Gasteiger partial charge on any atom is -0.374 e. The lowest BCUT2D eigenvalue weighted by atomic mass is 9.67. The largest absolute Gasteiger partial charge is 0.374 e. The number of hydroxylamine groups is 2. The molecule has 0 aliphatic carbocycles. The molecule has 0 aromatic heterocycles. The molecule has 0 radical (unpaired) electrons. The van der Waals surface area contributed by atoms with E-state index in [1.807, 2.05) is 18.2 Å². The second-order valence-corrected chi connectivity index (χ2v) is 10.7. The summed E-state index contributed by atoms with van der Waals surface area (Å²) in [6.45, 7) is 13.7. The van der Waals surface area contributed by atoms with Gasteiger partial charge in [0.2, 0.25) is 0 Å². The summed E-state index contributed by atoms with van der Waals surface area (Å²) in [6, 6.07) is 20.8. The van der Waals surface area contributed by atoms with Gasteiger partial charge in [0.25, 0.3) is 0 Å². The van der Waals surface area contributed by atoms with Crippen molar-refractivity contribution in [2.75, 3.05) is 19.8 Å². The molecule has 2 saturated heterocycles. The van der Waals surface area contributed by atoms with Gasteiger partial charge in [-0.2, -0.15) is 5.06 Å². The zero-order chi connectivity index (χ0) is 24.9. The predicted octanol–water partition coefficient (Wildman–Crippen LogP) is 6.17. The van der Waals surface area contributed by atoms with E-state index in [4.69, 9.17) is 19.0 Å². The summed E-state index contributed by atoms with van der Waals surface area (Å²) in [6.07, 6.45) is 3.50. The third-order valence-corrected chi connectivity index (χ3v) is 8.40. The van der Waals surface area contributed by atoms with Crippen LogP contribution in [-0.4, -0.2) is 47.9 Å². The highest BCUT2D eigenvalue weighted by Gasteiger charge is 2.64. The van der Waals surface area contributed by atoms with E-state index in [2.05, 4.69) is 82.1 Å². The van der Waals surface area contributed by atoms with Crippen LogP contribution < -0.4 is 0 Å². The Morgan fingerprint density at radius 2 is 1.60 bits per heavy atom. The first-order valence-electron chi connectivity index (χ1n) is 13.3. The molecule has 2 heterocycles. The molecule has 2 aromatic carbocycles. The average molecular weight is 482 g/mol. The Kier molecular flexibility index (Phi) is 8.34. The minimum absolute atomic E-state index is 0.0612. The number of rotatable bonds is 10. The van der Waals surface area contributed by atoms with Crippen molar-refractivity contribution in [1.29, 1.82) is 0 Å². The van der Waals surface area contributed by atoms with Crippen LogP contribution in [0.15, 0.2) is 60.7 Å². The highest BCUT2D eigenvalue weighted by molar-refractivity contribution is 5.15. The van der Waals surface area contributed by atoms with Crippen molar-refractivity contribution < 1.29 is 19.0 Å². The summed E-state index contributed by atoms with van der Waals surface area (Å²) in [7, 11) is 0. The fourth-order valence-corrected chi connectivity index (χ4v) is 5.81. The number of hydrogen-bond donors (Lipinski definition) is 0. The molecule has 2 aliphatic rings. The van der Waals surface area contributed by atoms with E-state index in [0.717, 1.165) is 25.7 Å². The predicted molar refractivity (Wildman–Crippen MR) is 139 cm³/mol. The molecule has 5 heteroatoms. The van der Waals surface area contributed by atoms with Crippen molar-refractivity contribution in [2.45, 2.75) is 89.9 Å². The highest BCUT2D eigenvalue weighted by Crippen LogP contribution is 2.54. The van der Waals surface area contributed by atoms with E-state index < -0.39 is 5.79 Å². The number of benzene rings is 2. The maximum Gasteiger partial charge on any atom is 0.175 e. The highest BCUT2D eigenvalue weighted by atomic mass is 16.8. The molecule has 2 fully saturated rings. The van der Waals surface area contributed by atoms with Gasteiger partial charge in [-0.25, -0.2) is 0 Å². The van der Waals surface area contributed by atoms with Crippen LogP contribution in [-0.2, 0) is 32.1 Å². The maximum absolute atomic E-state index is 6.73. The normalized spacial score (nSPS) is 33.4. The molecule has 4 rings (SSSR count). The van der Waals surface area contributed by atoms with Gasteiger partial charge in [0.1, 0.15) is 6.10 Å². The molecular formula is C30H43NO4. The van der Waals surface area contributed by atoms with Gasteiger partial charge < -0.3 is 14.2 Å². The van der Waals surface area contributed by atoms with Gasteiger partial charge in [-0.15, -0.1) is 0 Å². The zero-order valence-corrected chi connectivity index (χ0v) is 22.2. The molecule has 0 amide bonds. The fourth-order valence-electron chi connectivity index (χ4n) is 5.81. The van der Waals surface area contributed by atoms with Crippen molar-refractivity contribution in [1.82, 2.24) is 5.06 Å². The molecule has 5 atom stereocenters. The van der Waals surface area contributed by atoms with E-state index in [0.29, 0.717) is 26.4 Å². The first-order chi connectivity index (χ1) is 16.9. The second-order valence-electron chi connectivity index (χ2n) is 10.7. The lowest BCUT2D eigenvalue weighted by molar-refractivity contribution is -0.368. The first kappa shape index (κ1) is 26.3. The van der Waals surface area contributed by atoms with Crippen LogP contribution in [0.3, 0.4) is 0 Å². The topological polar surface area (TPSA) is 40.2 Å². The maximum atomic E-state index is 6.73. The van der Waals surface area contributed by atoms with E-state index >= 15 is 0 Å². The van der Waals surface area contributed by atoms with E-state index in [9.17, 15) is 0 Å². The first-order valence-corrected chi connectivity index (χ1v) is 13.3. The van der Waals surface area contributed by atoms with Gasteiger partial charge in [0, 0.05) is 17.9 Å². The van der Waals surface area contributed by atoms with Gasteiger partial charge in [0.15, 0.2) is 5.79 Å². The second kappa shape index (κ2) is 11.1. The third kappa shape index (κ3) is 5.50. The van der Waals surface area contributed by atoms with Crippen LogP contribution in [0, 0.1) is 5.92 Å². The van der Waals surface area contributed by atoms with E-state index in [1.165, 1.54) is 11.1 Å². The van der Waals surface area contributed by atoms with Crippen LogP contribution in [0.4, 0.5) is 0 Å². The van der Waals surface area contributed by atoms with E-state index in [1.54, 1.807) is 0 Å². The Balaban J connectivity index is 1.43. The van der Waals surface area contributed by atoms with Gasteiger partial charge in [0.05, 0.1) is 32.0 Å². The van der Waals surface area contributed by atoms with Crippen molar-refractivity contribution in [3.63, 3.8) is 0 Å². The van der Waals surface area contributed by atoms with E-state index in [-0.39, 0.29) is 23.1 Å². The lowest BCUT2D eigenvalue weighted by Crippen LogP contribution is -2.71. The van der Waals surface area contributed by atoms with Crippen molar-refractivity contribution in [3.8, 4) is 0 Å². The summed E-state index contributed by atoms with van der Waals surface area (Å²) in [4.78, 5) is 6.61. The van der Waals surface area contributed by atoms with Crippen LogP contribution >= 0.6 is 0 Å². The number of piperidine rings is 1. The van der Waals surface area contributed by atoms with Crippen LogP contribution in [0.5, 0.6) is 0 Å². The van der Waals surface area contributed by atoms with Crippen molar-refractivity contribution >= 4 is 0 Å². The van der Waals surface area contributed by atoms with Crippen LogP contribution in [0.1, 0.15) is 65.0 Å². The van der Waals surface area contributed by atoms with Crippen molar-refractivity contribution in [2.24, 2.45) is 5.92 Å². The number of nitrogens with zero attached hydrogens (tertiary/aromatic N) is 1. The molecule has 0 saturated carbocycles. The summed E-state index contributed by atoms with van der Waals surface area (Å²) in [5.74, 6) is -0.495. The smallest absolute Gasteiger partial charge is 0.175 e. The van der Waals surface area contributed by atoms with Gasteiger partial charge in [-0.1, -0.05) is 81.4 Å². The minimum atomic E-state index is -0.629. The Morgan fingerprint density at radius 3 is 2.23 bits per heavy atom. The Labute approximate surface area is 211 Å². The Hall–Kier alpha value is -1.76. The number of hydrogen-bond acceptors (Lipinski definition) is 5. The standard InChI is InChI=1S/C30H43NO4/c1-6-28(4)23-30(33-22-27(35-30)21-32-20-26-16-12-9-13-17-26)24(3)29(5,7-2)31(28)34-19-18-25-14-10-8-11-15-25/h8-17,24,27H,6-7,18-23H2,1-5H3. The summed E-state index contributed by atoms with van der Waals surface area (Å²) in [5, 5.41) is 2.30. The quantitative estimate of drug-likeness (QED) is 0.406. The van der Waals surface area contributed by atoms with Crippen LogP contribution in [0.25, 0.3) is 0 Å². The zero-order valence-electron chi connectivity index (χ0n) is 22.2. The molecule has 2 aliphatic heterocycles. The molecular weight excluding hydrogens is 438 g/mol. The Bertz CT molecular complexity index is 924. The molecule has 35 heavy (non-hydrogen) atoms. The molecule has 192 valence electrons. The molecule has 0 N–H and O–H groups in total. The van der Waals surface area contributed by atoms with Gasteiger partial charge >= 0.3 is 0 Å². The fraction of sp³-hybridized carbons (Fsp3) is 0.600. The third-order valence-electron chi connectivity index (χ3n) is 8.40. The summed E-state index contributed by atoms with van der Waals surface area (Å²) < 4.78 is 19.3. The molecule has 2 aromatic rings. The SMILES string of the molecule is CCC1(C)CC2(OCC(COCc3ccccc3)O2)C(C)C(C)(CC)N1OCCc1ccccc1. The Morgan fingerprint density at radius 1 is 0.943 bits per heavy atom. The molecule has 5 nitrogen and oxygen atoms in total.